The molecular weight excluding hydrogens is 388 g/mol. The van der Waals surface area contributed by atoms with E-state index in [9.17, 15) is 0 Å². The molecule has 0 fully saturated rings. The highest BCUT2D eigenvalue weighted by Gasteiger charge is 2.17. The third kappa shape index (κ3) is 3.68. The molecule has 8 nitrogen and oxygen atoms in total. The molecule has 8 heteroatoms. The van der Waals surface area contributed by atoms with Crippen molar-refractivity contribution in [3.05, 3.63) is 83.2 Å². The average molecular weight is 410 g/mol. The molecule has 3 heterocycles. The Morgan fingerprint density at radius 3 is 2.55 bits per heavy atom. The summed E-state index contributed by atoms with van der Waals surface area (Å²) >= 11 is 0. The lowest BCUT2D eigenvalue weighted by molar-refractivity contribution is 0.767. The third-order valence-corrected chi connectivity index (χ3v) is 5.40. The van der Waals surface area contributed by atoms with Crippen molar-refractivity contribution in [3.63, 3.8) is 0 Å². The Bertz CT molecular complexity index is 1270. The molecule has 0 saturated heterocycles. The molecule has 154 valence electrons. The van der Waals surface area contributed by atoms with Gasteiger partial charge in [0.25, 0.3) is 0 Å². The first-order chi connectivity index (χ1) is 15.2. The molecule has 4 aromatic rings. The Morgan fingerprint density at radius 1 is 1.00 bits per heavy atom. The van der Waals surface area contributed by atoms with Crippen molar-refractivity contribution in [2.24, 2.45) is 20.7 Å². The Labute approximate surface area is 179 Å². The van der Waals surface area contributed by atoms with Crippen LogP contribution in [-0.4, -0.2) is 14.6 Å². The van der Waals surface area contributed by atoms with Crippen LogP contribution in [0.4, 0.5) is 5.82 Å². The lowest BCUT2D eigenvalue weighted by Crippen LogP contribution is -2.07. The van der Waals surface area contributed by atoms with Gasteiger partial charge in [-0.2, -0.15) is 9.61 Å². The van der Waals surface area contributed by atoms with Gasteiger partial charge < -0.3 is 5.32 Å². The van der Waals surface area contributed by atoms with E-state index >= 15 is 0 Å². The maximum absolute atomic E-state index is 4.69. The SMILES string of the molecule is CCc1cc(NCc2ccc(-c3ccccc3C3N=NN=N3)cc2)n2ncc(C)c2n1. The zero-order valence-electron chi connectivity index (χ0n) is 17.4. The number of anilines is 1. The van der Waals surface area contributed by atoms with E-state index in [-0.39, 0.29) is 6.17 Å². The van der Waals surface area contributed by atoms with Crippen LogP contribution in [0.5, 0.6) is 0 Å². The van der Waals surface area contributed by atoms with Gasteiger partial charge >= 0.3 is 0 Å². The van der Waals surface area contributed by atoms with Crippen molar-refractivity contribution in [1.29, 1.82) is 0 Å². The summed E-state index contributed by atoms with van der Waals surface area (Å²) in [5.74, 6) is 0.946. The van der Waals surface area contributed by atoms with Crippen LogP contribution in [-0.2, 0) is 13.0 Å². The summed E-state index contributed by atoms with van der Waals surface area (Å²) in [6, 6.07) is 18.7. The summed E-state index contributed by atoms with van der Waals surface area (Å²) in [4.78, 5) is 4.69. The van der Waals surface area contributed by atoms with E-state index in [0.717, 1.165) is 45.8 Å². The normalized spacial score (nSPS) is 13.4. The smallest absolute Gasteiger partial charge is 0.211 e. The van der Waals surface area contributed by atoms with Crippen molar-refractivity contribution >= 4 is 11.5 Å². The van der Waals surface area contributed by atoms with E-state index in [1.165, 1.54) is 5.56 Å². The number of aromatic nitrogens is 3. The second-order valence-corrected chi connectivity index (χ2v) is 7.47. The monoisotopic (exact) mass is 410 g/mol. The van der Waals surface area contributed by atoms with Crippen LogP contribution >= 0.6 is 0 Å². The molecule has 2 aromatic carbocycles. The van der Waals surface area contributed by atoms with Gasteiger partial charge in [-0.3, -0.25) is 0 Å². The predicted octanol–water partition coefficient (Wildman–Crippen LogP) is 5.71. The number of hydrogen-bond donors (Lipinski definition) is 1. The van der Waals surface area contributed by atoms with Crippen LogP contribution in [0.3, 0.4) is 0 Å². The summed E-state index contributed by atoms with van der Waals surface area (Å²) in [6.07, 6.45) is 2.36. The molecule has 0 radical (unpaired) electrons. The van der Waals surface area contributed by atoms with E-state index in [0.29, 0.717) is 6.54 Å². The summed E-state index contributed by atoms with van der Waals surface area (Å²) in [7, 11) is 0. The van der Waals surface area contributed by atoms with Gasteiger partial charge in [0.15, 0.2) is 5.65 Å². The van der Waals surface area contributed by atoms with E-state index in [1.54, 1.807) is 0 Å². The van der Waals surface area contributed by atoms with E-state index in [2.05, 4.69) is 79.4 Å². The molecule has 1 N–H and O–H groups in total. The van der Waals surface area contributed by atoms with Gasteiger partial charge in [0.05, 0.1) is 6.20 Å². The van der Waals surface area contributed by atoms with Crippen LogP contribution in [0.25, 0.3) is 16.8 Å². The number of nitrogens with one attached hydrogen (secondary N) is 1. The first-order valence-corrected chi connectivity index (χ1v) is 10.3. The molecule has 0 saturated carbocycles. The minimum absolute atomic E-state index is 0.364. The Hall–Kier alpha value is -3.94. The first-order valence-electron chi connectivity index (χ1n) is 10.3. The number of nitrogens with zero attached hydrogens (tertiary/aromatic N) is 7. The Morgan fingerprint density at radius 2 is 1.77 bits per heavy atom. The molecule has 0 amide bonds. The number of rotatable bonds is 6. The maximum Gasteiger partial charge on any atom is 0.211 e. The molecular formula is C23H22N8. The lowest BCUT2D eigenvalue weighted by Gasteiger charge is -2.12. The molecule has 0 bridgehead atoms. The minimum Gasteiger partial charge on any atom is -0.366 e. The van der Waals surface area contributed by atoms with Gasteiger partial charge in [0, 0.05) is 29.4 Å². The van der Waals surface area contributed by atoms with Crippen LogP contribution in [0.2, 0.25) is 0 Å². The summed E-state index contributed by atoms with van der Waals surface area (Å²) in [5.41, 5.74) is 7.39. The van der Waals surface area contributed by atoms with Crippen molar-refractivity contribution in [2.45, 2.75) is 33.0 Å². The number of aryl methyl sites for hydroxylation is 2. The Balaban J connectivity index is 1.37. The van der Waals surface area contributed by atoms with Gasteiger partial charge in [0.2, 0.25) is 6.17 Å². The third-order valence-electron chi connectivity index (χ3n) is 5.40. The van der Waals surface area contributed by atoms with E-state index in [4.69, 9.17) is 0 Å². The van der Waals surface area contributed by atoms with Crippen molar-refractivity contribution < 1.29 is 0 Å². The van der Waals surface area contributed by atoms with E-state index < -0.39 is 0 Å². The molecule has 31 heavy (non-hydrogen) atoms. The van der Waals surface area contributed by atoms with Gasteiger partial charge in [-0.25, -0.2) is 4.98 Å². The second-order valence-electron chi connectivity index (χ2n) is 7.47. The second kappa shape index (κ2) is 8.06. The molecule has 5 rings (SSSR count). The summed E-state index contributed by atoms with van der Waals surface area (Å²) in [5, 5.41) is 23.4. The molecule has 1 aliphatic rings. The fourth-order valence-corrected chi connectivity index (χ4v) is 3.70. The fourth-order valence-electron chi connectivity index (χ4n) is 3.70. The van der Waals surface area contributed by atoms with Gasteiger partial charge in [-0.05, 0) is 40.5 Å². The molecule has 1 aliphatic heterocycles. The highest BCUT2D eigenvalue weighted by Crippen LogP contribution is 2.33. The first kappa shape index (κ1) is 19.0. The largest absolute Gasteiger partial charge is 0.366 e. The van der Waals surface area contributed by atoms with Crippen LogP contribution in [0.1, 0.15) is 35.5 Å². The maximum atomic E-state index is 4.69. The van der Waals surface area contributed by atoms with Crippen molar-refractivity contribution in [1.82, 2.24) is 14.6 Å². The zero-order chi connectivity index (χ0) is 21.2. The summed E-state index contributed by atoms with van der Waals surface area (Å²) < 4.78 is 1.86. The number of benzene rings is 2. The highest BCUT2D eigenvalue weighted by atomic mass is 15.6. The summed E-state index contributed by atoms with van der Waals surface area (Å²) in [6.45, 7) is 4.83. The van der Waals surface area contributed by atoms with Crippen LogP contribution < -0.4 is 5.32 Å². The molecule has 0 aliphatic carbocycles. The molecule has 0 unspecified atom stereocenters. The van der Waals surface area contributed by atoms with Gasteiger partial charge in [0.1, 0.15) is 5.82 Å². The van der Waals surface area contributed by atoms with Crippen molar-refractivity contribution in [2.75, 3.05) is 5.32 Å². The van der Waals surface area contributed by atoms with Gasteiger partial charge in [-0.1, -0.05) is 55.5 Å². The van der Waals surface area contributed by atoms with Crippen LogP contribution in [0.15, 0.2) is 81.5 Å². The van der Waals surface area contributed by atoms with E-state index in [1.807, 2.05) is 35.8 Å². The number of hydrogen-bond acceptors (Lipinski definition) is 7. The molecule has 0 spiro atoms. The predicted molar refractivity (Wildman–Crippen MR) is 119 cm³/mol. The zero-order valence-corrected chi connectivity index (χ0v) is 17.4. The van der Waals surface area contributed by atoms with Crippen molar-refractivity contribution in [3.8, 4) is 11.1 Å². The lowest BCUT2D eigenvalue weighted by atomic mass is 9.97. The van der Waals surface area contributed by atoms with Gasteiger partial charge in [-0.15, -0.1) is 10.2 Å². The minimum atomic E-state index is -0.364. The highest BCUT2D eigenvalue weighted by molar-refractivity contribution is 5.68. The quantitative estimate of drug-likeness (QED) is 0.441. The molecule has 2 aromatic heterocycles. The average Bonchev–Trinajstić information content (AvgIpc) is 3.48. The molecule has 0 atom stereocenters. The topological polar surface area (TPSA) is 91.7 Å². The number of fused-ring (bicyclic) bond motifs is 1. The standard InChI is InChI=1S/C23H22N8/c1-3-18-12-21(31-23(26-18)15(2)13-25-31)24-14-16-8-10-17(11-9-16)19-6-4-5-7-20(19)22-27-29-30-28-22/h4-13,22,24H,3,14H2,1-2H3. The van der Waals surface area contributed by atoms with Crippen LogP contribution in [0, 0.1) is 6.92 Å². The fraction of sp³-hybridized carbons (Fsp3) is 0.217. The Kier molecular flexibility index (Phi) is 4.95.